The van der Waals surface area contributed by atoms with Crippen LogP contribution in [0.15, 0.2) is 6.20 Å². The number of rotatable bonds is 4. The highest BCUT2D eigenvalue weighted by molar-refractivity contribution is 5.78. The Hall–Kier alpha value is -1.57. The predicted octanol–water partition coefficient (Wildman–Crippen LogP) is 0.944. The lowest BCUT2D eigenvalue weighted by atomic mass is 9.83. The van der Waals surface area contributed by atoms with E-state index in [1.54, 1.807) is 0 Å². The molecule has 0 aromatic carbocycles. The second-order valence-corrected chi connectivity index (χ2v) is 7.60. The van der Waals surface area contributed by atoms with E-state index in [-0.39, 0.29) is 17.6 Å². The van der Waals surface area contributed by atoms with Crippen LogP contribution in [0.3, 0.4) is 0 Å². The zero-order valence-electron chi connectivity index (χ0n) is 15.5. The summed E-state index contributed by atoms with van der Waals surface area (Å²) in [5, 5.41) is 3.01. The van der Waals surface area contributed by atoms with Crippen molar-refractivity contribution in [1.82, 2.24) is 20.2 Å². The maximum atomic E-state index is 12.2. The van der Waals surface area contributed by atoms with Gasteiger partial charge in [-0.15, -0.1) is 0 Å². The predicted molar refractivity (Wildman–Crippen MR) is 95.8 cm³/mol. The molecule has 0 aliphatic carbocycles. The number of aryl methyl sites for hydroxylation is 1. The molecule has 0 radical (unpaired) electrons. The average molecular weight is 360 g/mol. The SMILES string of the molecule is Cc1ncc2c(n1)C1(CCN(CC(=O)NCC3CCCO3)CC1)OCC2. The van der Waals surface area contributed by atoms with Crippen molar-refractivity contribution in [2.45, 2.75) is 50.7 Å². The van der Waals surface area contributed by atoms with Crippen molar-refractivity contribution < 1.29 is 14.3 Å². The van der Waals surface area contributed by atoms with E-state index < -0.39 is 0 Å². The summed E-state index contributed by atoms with van der Waals surface area (Å²) in [6.45, 7) is 6.23. The van der Waals surface area contributed by atoms with Gasteiger partial charge in [-0.25, -0.2) is 9.97 Å². The molecule has 2 saturated heterocycles. The van der Waals surface area contributed by atoms with Crippen LogP contribution >= 0.6 is 0 Å². The number of carbonyl (C=O) groups is 1. The first-order chi connectivity index (χ1) is 12.6. The largest absolute Gasteiger partial charge is 0.376 e. The van der Waals surface area contributed by atoms with Crippen molar-refractivity contribution >= 4 is 5.91 Å². The van der Waals surface area contributed by atoms with Crippen LogP contribution in [0.5, 0.6) is 0 Å². The Kier molecular flexibility index (Phi) is 5.20. The van der Waals surface area contributed by atoms with Crippen molar-refractivity contribution in [3.05, 3.63) is 23.3 Å². The molecule has 7 heteroatoms. The minimum atomic E-state index is -0.300. The molecule has 1 N–H and O–H groups in total. The number of fused-ring (bicyclic) bond motifs is 2. The first kappa shape index (κ1) is 17.8. The van der Waals surface area contributed by atoms with E-state index in [4.69, 9.17) is 14.5 Å². The Morgan fingerprint density at radius 2 is 2.23 bits per heavy atom. The number of piperidine rings is 1. The van der Waals surface area contributed by atoms with Gasteiger partial charge in [0, 0.05) is 32.4 Å². The molecule has 3 aliphatic heterocycles. The maximum absolute atomic E-state index is 12.2. The van der Waals surface area contributed by atoms with Gasteiger partial charge in [0.2, 0.25) is 5.91 Å². The molecular formula is C19H28N4O3. The molecule has 0 bridgehead atoms. The van der Waals surface area contributed by atoms with Gasteiger partial charge >= 0.3 is 0 Å². The lowest BCUT2D eigenvalue weighted by Crippen LogP contribution is -2.49. The molecule has 142 valence electrons. The average Bonchev–Trinajstić information content (AvgIpc) is 3.16. The number of hydrogen-bond donors (Lipinski definition) is 1. The molecule has 1 spiro atoms. The van der Waals surface area contributed by atoms with Gasteiger partial charge in [-0.05, 0) is 44.6 Å². The Morgan fingerprint density at radius 1 is 1.38 bits per heavy atom. The minimum absolute atomic E-state index is 0.0829. The second-order valence-electron chi connectivity index (χ2n) is 7.60. The number of nitrogens with zero attached hydrogens (tertiary/aromatic N) is 3. The number of nitrogens with one attached hydrogen (secondary N) is 1. The van der Waals surface area contributed by atoms with Gasteiger partial charge in [0.1, 0.15) is 11.4 Å². The first-order valence-electron chi connectivity index (χ1n) is 9.72. The lowest BCUT2D eigenvalue weighted by Gasteiger charge is -2.43. The Morgan fingerprint density at radius 3 is 3.00 bits per heavy atom. The molecule has 1 aromatic rings. The Labute approximate surface area is 154 Å². The van der Waals surface area contributed by atoms with Crippen LogP contribution < -0.4 is 5.32 Å². The quantitative estimate of drug-likeness (QED) is 0.861. The highest BCUT2D eigenvalue weighted by Gasteiger charge is 2.42. The highest BCUT2D eigenvalue weighted by atomic mass is 16.5. The summed E-state index contributed by atoms with van der Waals surface area (Å²) < 4.78 is 11.8. The molecule has 1 unspecified atom stereocenters. The summed E-state index contributed by atoms with van der Waals surface area (Å²) in [5.74, 6) is 0.879. The smallest absolute Gasteiger partial charge is 0.234 e. The Balaban J connectivity index is 1.32. The van der Waals surface area contributed by atoms with Crippen molar-refractivity contribution in [3.63, 3.8) is 0 Å². The maximum Gasteiger partial charge on any atom is 0.234 e. The van der Waals surface area contributed by atoms with Crippen LogP contribution in [-0.2, 0) is 26.3 Å². The third-order valence-electron chi connectivity index (χ3n) is 5.75. The summed E-state index contributed by atoms with van der Waals surface area (Å²) in [6, 6.07) is 0. The monoisotopic (exact) mass is 360 g/mol. The number of ether oxygens (including phenoxy) is 2. The zero-order valence-corrected chi connectivity index (χ0v) is 15.5. The third kappa shape index (κ3) is 3.75. The second kappa shape index (κ2) is 7.58. The number of likely N-dealkylation sites (tertiary alicyclic amines) is 1. The highest BCUT2D eigenvalue weighted by Crippen LogP contribution is 2.40. The van der Waals surface area contributed by atoms with E-state index in [1.807, 2.05) is 13.1 Å². The molecule has 7 nitrogen and oxygen atoms in total. The van der Waals surface area contributed by atoms with Gasteiger partial charge in [-0.3, -0.25) is 9.69 Å². The summed E-state index contributed by atoms with van der Waals surface area (Å²) in [7, 11) is 0. The molecular weight excluding hydrogens is 332 g/mol. The Bertz CT molecular complexity index is 652. The normalized spacial score (nSPS) is 25.2. The minimum Gasteiger partial charge on any atom is -0.376 e. The van der Waals surface area contributed by atoms with Crippen LogP contribution in [-0.4, -0.2) is 66.3 Å². The summed E-state index contributed by atoms with van der Waals surface area (Å²) >= 11 is 0. The fraction of sp³-hybridized carbons (Fsp3) is 0.737. The first-order valence-corrected chi connectivity index (χ1v) is 9.72. The number of aromatic nitrogens is 2. The van der Waals surface area contributed by atoms with Crippen molar-refractivity contribution in [3.8, 4) is 0 Å². The van der Waals surface area contributed by atoms with Gasteiger partial charge in [-0.1, -0.05) is 0 Å². The third-order valence-corrected chi connectivity index (χ3v) is 5.75. The van der Waals surface area contributed by atoms with Gasteiger partial charge in [-0.2, -0.15) is 0 Å². The van der Waals surface area contributed by atoms with E-state index in [9.17, 15) is 4.79 Å². The number of hydrogen-bond acceptors (Lipinski definition) is 6. The molecule has 4 heterocycles. The van der Waals surface area contributed by atoms with E-state index >= 15 is 0 Å². The molecule has 1 atom stereocenters. The van der Waals surface area contributed by atoms with Crippen LogP contribution in [0.4, 0.5) is 0 Å². The molecule has 26 heavy (non-hydrogen) atoms. The molecule has 0 saturated carbocycles. The fourth-order valence-corrected chi connectivity index (χ4v) is 4.24. The van der Waals surface area contributed by atoms with Crippen LogP contribution in [0.2, 0.25) is 0 Å². The van der Waals surface area contributed by atoms with E-state index in [0.717, 1.165) is 69.9 Å². The molecule has 1 amide bonds. The van der Waals surface area contributed by atoms with Crippen LogP contribution in [0.25, 0.3) is 0 Å². The number of amides is 1. The van der Waals surface area contributed by atoms with Gasteiger partial charge < -0.3 is 14.8 Å². The van der Waals surface area contributed by atoms with E-state index in [0.29, 0.717) is 13.1 Å². The van der Waals surface area contributed by atoms with Crippen molar-refractivity contribution in [2.24, 2.45) is 0 Å². The standard InChI is InChI=1S/C19H28N4O3/c1-14-20-11-15-4-10-26-19(18(15)22-14)5-7-23(8-6-19)13-17(24)21-12-16-3-2-9-25-16/h11,16H,2-10,12-13H2,1H3,(H,21,24). The van der Waals surface area contributed by atoms with Crippen molar-refractivity contribution in [1.29, 1.82) is 0 Å². The lowest BCUT2D eigenvalue weighted by molar-refractivity contribution is -0.127. The molecule has 1 aromatic heterocycles. The van der Waals surface area contributed by atoms with Gasteiger partial charge in [0.05, 0.1) is 24.9 Å². The van der Waals surface area contributed by atoms with E-state index in [1.165, 1.54) is 5.56 Å². The summed E-state index contributed by atoms with van der Waals surface area (Å²) in [6.07, 6.45) is 6.91. The summed E-state index contributed by atoms with van der Waals surface area (Å²) in [4.78, 5) is 23.5. The van der Waals surface area contributed by atoms with E-state index in [2.05, 4.69) is 15.2 Å². The van der Waals surface area contributed by atoms with Gasteiger partial charge in [0.15, 0.2) is 0 Å². The topological polar surface area (TPSA) is 76.6 Å². The molecule has 3 aliphatic rings. The van der Waals surface area contributed by atoms with Gasteiger partial charge in [0.25, 0.3) is 0 Å². The van der Waals surface area contributed by atoms with Crippen molar-refractivity contribution in [2.75, 3.05) is 39.4 Å². The molecule has 2 fully saturated rings. The van der Waals surface area contributed by atoms with Crippen LogP contribution in [0.1, 0.15) is 42.8 Å². The fourth-order valence-electron chi connectivity index (χ4n) is 4.24. The number of carbonyl (C=O) groups excluding carboxylic acids is 1. The summed E-state index contributed by atoms with van der Waals surface area (Å²) in [5.41, 5.74) is 1.98. The zero-order chi connectivity index (χ0) is 18.0. The van der Waals surface area contributed by atoms with Crippen LogP contribution in [0, 0.1) is 6.92 Å². The molecule has 4 rings (SSSR count).